The van der Waals surface area contributed by atoms with Crippen LogP contribution >= 0.6 is 22.6 Å². The van der Waals surface area contributed by atoms with Gasteiger partial charge < -0.3 is 18.1 Å². The lowest BCUT2D eigenvalue weighted by Gasteiger charge is -2.13. The fraction of sp³-hybridized carbons (Fsp3) is 0.125. The molecule has 0 N–H and O–H groups in total. The molecule has 0 bridgehead atoms. The van der Waals surface area contributed by atoms with E-state index in [4.69, 9.17) is 18.1 Å². The van der Waals surface area contributed by atoms with Crippen molar-refractivity contribution in [2.45, 2.75) is 4.90 Å². The van der Waals surface area contributed by atoms with E-state index in [1.807, 2.05) is 22.6 Å². The summed E-state index contributed by atoms with van der Waals surface area (Å²) in [6.45, 7) is 0. The van der Waals surface area contributed by atoms with Crippen molar-refractivity contribution in [1.29, 1.82) is 0 Å². The fourth-order valence-electron chi connectivity index (χ4n) is 2.25. The summed E-state index contributed by atoms with van der Waals surface area (Å²) in [7, 11) is -1.17. The van der Waals surface area contributed by atoms with E-state index in [0.29, 0.717) is 20.3 Å². The summed E-state index contributed by atoms with van der Waals surface area (Å²) in [5.74, 6) is 0.645. The Bertz CT molecular complexity index is 993. The first-order valence-corrected chi connectivity index (χ1v) is 9.27. The zero-order valence-electron chi connectivity index (χ0n) is 12.8. The van der Waals surface area contributed by atoms with Crippen LogP contribution in [0, 0.1) is 3.57 Å². The predicted octanol–water partition coefficient (Wildman–Crippen LogP) is 3.82. The molecule has 0 spiro atoms. The highest BCUT2D eigenvalue weighted by Crippen LogP contribution is 2.38. The average Bonchev–Trinajstić information content (AvgIpc) is 3.03. The van der Waals surface area contributed by atoms with Crippen LogP contribution < -0.4 is 13.7 Å². The van der Waals surface area contributed by atoms with Crippen LogP contribution in [0.5, 0.6) is 17.2 Å². The van der Waals surface area contributed by atoms with E-state index >= 15 is 0 Å². The van der Waals surface area contributed by atoms with Crippen LogP contribution in [0.2, 0.25) is 0 Å². The number of hydrogen-bond acceptors (Lipinski definition) is 6. The van der Waals surface area contributed by atoms with E-state index in [9.17, 15) is 8.42 Å². The molecule has 3 rings (SSSR count). The van der Waals surface area contributed by atoms with Gasteiger partial charge in [-0.05, 0) is 52.9 Å². The average molecular weight is 460 g/mol. The van der Waals surface area contributed by atoms with E-state index in [-0.39, 0.29) is 16.4 Å². The minimum absolute atomic E-state index is 0.0330. The molecule has 6 nitrogen and oxygen atoms in total. The number of ether oxygens (including phenoxy) is 2. The number of hydrogen-bond donors (Lipinski definition) is 0. The third-order valence-corrected chi connectivity index (χ3v) is 5.35. The Morgan fingerprint density at radius 3 is 2.50 bits per heavy atom. The highest BCUT2D eigenvalue weighted by Gasteiger charge is 2.22. The van der Waals surface area contributed by atoms with E-state index in [1.165, 1.54) is 38.7 Å². The summed E-state index contributed by atoms with van der Waals surface area (Å²) in [6, 6.07) is 9.47. The number of benzene rings is 2. The van der Waals surface area contributed by atoms with Gasteiger partial charge in [0.1, 0.15) is 10.5 Å². The molecule has 0 amide bonds. The Labute approximate surface area is 152 Å². The summed E-state index contributed by atoms with van der Waals surface area (Å²) in [6.07, 6.45) is 1.51. The van der Waals surface area contributed by atoms with Crippen LogP contribution in [-0.2, 0) is 10.1 Å². The zero-order chi connectivity index (χ0) is 17.3. The van der Waals surface area contributed by atoms with E-state index in [2.05, 4.69) is 0 Å². The van der Waals surface area contributed by atoms with Gasteiger partial charge >= 0.3 is 10.1 Å². The van der Waals surface area contributed by atoms with Crippen LogP contribution in [0.3, 0.4) is 0 Å². The molecule has 0 unspecified atom stereocenters. The third-order valence-electron chi connectivity index (χ3n) is 3.33. The van der Waals surface area contributed by atoms with Crippen molar-refractivity contribution in [1.82, 2.24) is 0 Å². The minimum atomic E-state index is -4.04. The molecular weight excluding hydrogens is 447 g/mol. The van der Waals surface area contributed by atoms with Crippen LogP contribution in [0.1, 0.15) is 0 Å². The molecule has 3 aromatic rings. The second-order valence-corrected chi connectivity index (χ2v) is 7.48. The van der Waals surface area contributed by atoms with Crippen LogP contribution in [0.4, 0.5) is 0 Å². The molecule has 2 aromatic carbocycles. The van der Waals surface area contributed by atoms with Crippen molar-refractivity contribution in [3.63, 3.8) is 0 Å². The zero-order valence-corrected chi connectivity index (χ0v) is 15.8. The maximum Gasteiger partial charge on any atom is 0.339 e. The predicted molar refractivity (Wildman–Crippen MR) is 96.3 cm³/mol. The summed E-state index contributed by atoms with van der Waals surface area (Å²) >= 11 is 2.02. The van der Waals surface area contributed by atoms with Gasteiger partial charge in [-0.15, -0.1) is 0 Å². The Morgan fingerprint density at radius 2 is 1.79 bits per heavy atom. The normalized spacial score (nSPS) is 11.5. The maximum absolute atomic E-state index is 12.6. The number of furan rings is 1. The highest BCUT2D eigenvalue weighted by atomic mass is 127. The summed E-state index contributed by atoms with van der Waals surface area (Å²) < 4.78 is 46.9. The SMILES string of the molecule is COc1cccc(OS(=O)(=O)c2cc(I)c3occc3c2)c1OC. The van der Waals surface area contributed by atoms with Gasteiger partial charge in [0.05, 0.1) is 24.1 Å². The van der Waals surface area contributed by atoms with E-state index in [1.54, 1.807) is 18.2 Å². The van der Waals surface area contributed by atoms with Gasteiger partial charge in [0.2, 0.25) is 5.75 Å². The first kappa shape index (κ1) is 16.9. The lowest BCUT2D eigenvalue weighted by atomic mass is 10.3. The molecule has 0 aliphatic carbocycles. The maximum atomic E-state index is 12.6. The number of para-hydroxylation sites is 1. The number of halogens is 1. The molecule has 126 valence electrons. The third kappa shape index (κ3) is 3.03. The van der Waals surface area contributed by atoms with Gasteiger partial charge in [0, 0.05) is 5.39 Å². The topological polar surface area (TPSA) is 75.0 Å². The molecule has 0 fully saturated rings. The smallest absolute Gasteiger partial charge is 0.339 e. The lowest BCUT2D eigenvalue weighted by Crippen LogP contribution is -2.11. The van der Waals surface area contributed by atoms with Crippen LogP contribution in [-0.4, -0.2) is 22.6 Å². The first-order valence-electron chi connectivity index (χ1n) is 6.78. The monoisotopic (exact) mass is 460 g/mol. The molecule has 0 aliphatic rings. The number of rotatable bonds is 5. The largest absolute Gasteiger partial charge is 0.493 e. The van der Waals surface area contributed by atoms with Gasteiger partial charge in [-0.2, -0.15) is 8.42 Å². The van der Waals surface area contributed by atoms with Gasteiger partial charge in [-0.25, -0.2) is 0 Å². The molecule has 1 heterocycles. The Kier molecular flexibility index (Phi) is 4.59. The van der Waals surface area contributed by atoms with Gasteiger partial charge in [0.15, 0.2) is 11.5 Å². The molecule has 0 radical (unpaired) electrons. The second-order valence-electron chi connectivity index (χ2n) is 4.77. The Morgan fingerprint density at radius 1 is 1.04 bits per heavy atom. The summed E-state index contributed by atoms with van der Waals surface area (Å²) in [5, 5.41) is 0.682. The molecule has 8 heteroatoms. The standard InChI is InChI=1S/C16H13IO6S/c1-20-13-4-3-5-14(16(13)21-2)23-24(18,19)11-8-10-6-7-22-15(10)12(17)9-11/h3-9H,1-2H3. The van der Waals surface area contributed by atoms with E-state index < -0.39 is 10.1 Å². The molecule has 0 atom stereocenters. The second kappa shape index (κ2) is 6.52. The minimum Gasteiger partial charge on any atom is -0.493 e. The van der Waals surface area contributed by atoms with Gasteiger partial charge in [-0.1, -0.05) is 6.07 Å². The highest BCUT2D eigenvalue weighted by molar-refractivity contribution is 14.1. The number of methoxy groups -OCH3 is 2. The molecular formula is C16H13IO6S. The lowest BCUT2D eigenvalue weighted by molar-refractivity contribution is 0.343. The van der Waals surface area contributed by atoms with Gasteiger partial charge in [-0.3, -0.25) is 0 Å². The summed E-state index contributed by atoms with van der Waals surface area (Å²) in [5.41, 5.74) is 0.633. The Balaban J connectivity index is 2.05. The van der Waals surface area contributed by atoms with Crippen molar-refractivity contribution in [2.75, 3.05) is 14.2 Å². The number of fused-ring (bicyclic) bond motifs is 1. The molecule has 0 saturated carbocycles. The molecule has 0 saturated heterocycles. The van der Waals surface area contributed by atoms with Crippen molar-refractivity contribution in [2.24, 2.45) is 0 Å². The fourth-order valence-corrected chi connectivity index (χ4v) is 4.23. The van der Waals surface area contributed by atoms with Crippen molar-refractivity contribution in [3.8, 4) is 17.2 Å². The van der Waals surface area contributed by atoms with Gasteiger partial charge in [0.25, 0.3) is 0 Å². The Hall–Kier alpha value is -1.94. The van der Waals surface area contributed by atoms with E-state index in [0.717, 1.165) is 0 Å². The first-order chi connectivity index (χ1) is 11.5. The summed E-state index contributed by atoms with van der Waals surface area (Å²) in [4.78, 5) is 0.0330. The molecule has 0 aliphatic heterocycles. The van der Waals surface area contributed by atoms with Crippen molar-refractivity contribution in [3.05, 3.63) is 46.2 Å². The quantitative estimate of drug-likeness (QED) is 0.426. The van der Waals surface area contributed by atoms with Crippen molar-refractivity contribution >= 4 is 43.7 Å². The molecule has 1 aromatic heterocycles. The van der Waals surface area contributed by atoms with Crippen LogP contribution in [0.15, 0.2) is 52.0 Å². The molecule has 24 heavy (non-hydrogen) atoms. The van der Waals surface area contributed by atoms with Crippen LogP contribution in [0.25, 0.3) is 11.0 Å². The van der Waals surface area contributed by atoms with Crippen molar-refractivity contribution < 1.29 is 26.5 Å².